The highest BCUT2D eigenvalue weighted by atomic mass is 16.5. The molecule has 1 fully saturated rings. The van der Waals surface area contributed by atoms with E-state index < -0.39 is 24.1 Å². The molecule has 7 nitrogen and oxygen atoms in total. The maximum atomic E-state index is 12.2. The highest BCUT2D eigenvalue weighted by Gasteiger charge is 2.39. The van der Waals surface area contributed by atoms with Gasteiger partial charge in [0.2, 0.25) is 0 Å². The molecule has 0 aromatic heterocycles. The number of anilines is 1. The van der Waals surface area contributed by atoms with Crippen LogP contribution in [0.5, 0.6) is 5.75 Å². The minimum Gasteiger partial charge on any atom is -0.492 e. The van der Waals surface area contributed by atoms with Crippen LogP contribution in [0.4, 0.5) is 10.5 Å². The number of aliphatic hydroxyl groups excluding tert-OH is 1. The van der Waals surface area contributed by atoms with Gasteiger partial charge in [0.1, 0.15) is 11.8 Å². The third kappa shape index (κ3) is 3.43. The number of hydrogen-bond acceptors (Lipinski definition) is 4. The van der Waals surface area contributed by atoms with Crippen LogP contribution in [0, 0.1) is 0 Å². The van der Waals surface area contributed by atoms with E-state index in [1.807, 2.05) is 6.92 Å². The zero-order chi connectivity index (χ0) is 15.4. The molecule has 1 aromatic carbocycles. The Morgan fingerprint density at radius 2 is 2.14 bits per heavy atom. The molecule has 114 valence electrons. The molecular formula is C14H18N2O5. The van der Waals surface area contributed by atoms with Gasteiger partial charge in [-0.05, 0) is 19.1 Å². The summed E-state index contributed by atoms with van der Waals surface area (Å²) in [6, 6.07) is 5.33. The zero-order valence-electron chi connectivity index (χ0n) is 11.7. The number of ether oxygens (including phenoxy) is 1. The fourth-order valence-electron chi connectivity index (χ4n) is 2.31. The van der Waals surface area contributed by atoms with Gasteiger partial charge >= 0.3 is 12.0 Å². The van der Waals surface area contributed by atoms with Crippen LogP contribution in [0.25, 0.3) is 0 Å². The van der Waals surface area contributed by atoms with Gasteiger partial charge in [0.05, 0.1) is 18.4 Å². The second-order valence-corrected chi connectivity index (χ2v) is 4.76. The Bertz CT molecular complexity index is 534. The van der Waals surface area contributed by atoms with Gasteiger partial charge in [-0.2, -0.15) is 0 Å². The minimum absolute atomic E-state index is 0.000395. The summed E-state index contributed by atoms with van der Waals surface area (Å²) in [6.45, 7) is 2.28. The molecule has 2 rings (SSSR count). The van der Waals surface area contributed by atoms with Crippen molar-refractivity contribution in [3.05, 3.63) is 24.3 Å². The number of aliphatic carboxylic acids is 1. The quantitative estimate of drug-likeness (QED) is 0.773. The number of carboxylic acids is 1. The van der Waals surface area contributed by atoms with Crippen LogP contribution in [0.15, 0.2) is 24.3 Å². The summed E-state index contributed by atoms with van der Waals surface area (Å²) in [4.78, 5) is 24.5. The predicted molar refractivity (Wildman–Crippen MR) is 75.4 cm³/mol. The van der Waals surface area contributed by atoms with Crippen molar-refractivity contribution in [3.63, 3.8) is 0 Å². The fourth-order valence-corrected chi connectivity index (χ4v) is 2.31. The lowest BCUT2D eigenvalue weighted by atomic mass is 10.2. The minimum atomic E-state index is -1.13. The molecule has 2 atom stereocenters. The van der Waals surface area contributed by atoms with E-state index in [2.05, 4.69) is 5.32 Å². The first-order valence-corrected chi connectivity index (χ1v) is 6.73. The van der Waals surface area contributed by atoms with E-state index in [1.165, 1.54) is 0 Å². The van der Waals surface area contributed by atoms with Gasteiger partial charge in [0.15, 0.2) is 0 Å². The molecule has 0 unspecified atom stereocenters. The van der Waals surface area contributed by atoms with Gasteiger partial charge in [-0.25, -0.2) is 9.59 Å². The third-order valence-corrected chi connectivity index (χ3v) is 3.25. The van der Waals surface area contributed by atoms with Crippen molar-refractivity contribution in [2.75, 3.05) is 18.5 Å². The standard InChI is InChI=1S/C14H18N2O5/c1-2-21-12-6-4-3-5-10(12)15-14(20)16-8-9(17)7-11(16)13(18)19/h3-6,9,11,17H,2,7-8H2,1H3,(H,15,20)(H,18,19)/t9-,11-/m0/s1. The lowest BCUT2D eigenvalue weighted by Crippen LogP contribution is -2.43. The summed E-state index contributed by atoms with van der Waals surface area (Å²) in [5, 5.41) is 21.3. The van der Waals surface area contributed by atoms with E-state index in [4.69, 9.17) is 9.84 Å². The number of carbonyl (C=O) groups excluding carboxylic acids is 1. The Labute approximate surface area is 122 Å². The van der Waals surface area contributed by atoms with E-state index in [1.54, 1.807) is 24.3 Å². The van der Waals surface area contributed by atoms with Crippen LogP contribution in [-0.4, -0.2) is 52.4 Å². The first-order valence-electron chi connectivity index (χ1n) is 6.73. The summed E-state index contributed by atoms with van der Waals surface area (Å²) in [6.07, 6.45) is -0.783. The van der Waals surface area contributed by atoms with E-state index in [0.29, 0.717) is 18.0 Å². The van der Waals surface area contributed by atoms with Crippen molar-refractivity contribution in [1.82, 2.24) is 4.90 Å². The Hall–Kier alpha value is -2.28. The molecule has 21 heavy (non-hydrogen) atoms. The maximum Gasteiger partial charge on any atom is 0.326 e. The highest BCUT2D eigenvalue weighted by molar-refractivity contribution is 5.94. The first kappa shape index (κ1) is 15.1. The molecule has 0 saturated carbocycles. The Balaban J connectivity index is 2.12. The van der Waals surface area contributed by atoms with Gasteiger partial charge in [0.25, 0.3) is 0 Å². The Morgan fingerprint density at radius 3 is 2.81 bits per heavy atom. The summed E-state index contributed by atoms with van der Waals surface area (Å²) < 4.78 is 5.40. The highest BCUT2D eigenvalue weighted by Crippen LogP contribution is 2.25. The number of aliphatic hydroxyl groups is 1. The summed E-state index contributed by atoms with van der Waals surface area (Å²) in [7, 11) is 0. The van der Waals surface area contributed by atoms with Crippen LogP contribution in [0.1, 0.15) is 13.3 Å². The number of β-amino-alcohol motifs (C(OH)–C–C–N with tert-alkyl or cyclic N) is 1. The lowest BCUT2D eigenvalue weighted by Gasteiger charge is -2.22. The van der Waals surface area contributed by atoms with E-state index >= 15 is 0 Å². The smallest absolute Gasteiger partial charge is 0.326 e. The second-order valence-electron chi connectivity index (χ2n) is 4.76. The second kappa shape index (κ2) is 6.45. The molecule has 3 N–H and O–H groups in total. The summed E-state index contributed by atoms with van der Waals surface area (Å²) in [5.41, 5.74) is 0.467. The molecule has 0 radical (unpaired) electrons. The molecule has 2 amide bonds. The number of rotatable bonds is 4. The van der Waals surface area contributed by atoms with Crippen molar-refractivity contribution in [3.8, 4) is 5.75 Å². The summed E-state index contributed by atoms with van der Waals surface area (Å²) >= 11 is 0. The summed E-state index contributed by atoms with van der Waals surface area (Å²) in [5.74, 6) is -0.611. The molecule has 1 aliphatic heterocycles. The van der Waals surface area contributed by atoms with E-state index in [0.717, 1.165) is 4.90 Å². The SMILES string of the molecule is CCOc1ccccc1NC(=O)N1C[C@@H](O)C[C@H]1C(=O)O. The molecule has 1 aromatic rings. The number of hydrogen-bond donors (Lipinski definition) is 3. The third-order valence-electron chi connectivity index (χ3n) is 3.25. The number of nitrogens with zero attached hydrogens (tertiary/aromatic N) is 1. The molecule has 1 heterocycles. The number of urea groups is 1. The average molecular weight is 294 g/mol. The number of carboxylic acid groups (broad SMARTS) is 1. The van der Waals surface area contributed by atoms with Crippen LogP contribution in [0.2, 0.25) is 0 Å². The van der Waals surface area contributed by atoms with Gasteiger partial charge in [0, 0.05) is 13.0 Å². The van der Waals surface area contributed by atoms with Crippen molar-refractivity contribution < 1.29 is 24.5 Å². The maximum absolute atomic E-state index is 12.2. The number of benzene rings is 1. The number of para-hydroxylation sites is 2. The van der Waals surface area contributed by atoms with Crippen molar-refractivity contribution >= 4 is 17.7 Å². The van der Waals surface area contributed by atoms with Crippen LogP contribution >= 0.6 is 0 Å². The molecule has 0 bridgehead atoms. The molecule has 1 saturated heterocycles. The largest absolute Gasteiger partial charge is 0.492 e. The van der Waals surface area contributed by atoms with Crippen molar-refractivity contribution in [2.24, 2.45) is 0 Å². The van der Waals surface area contributed by atoms with Crippen molar-refractivity contribution in [2.45, 2.75) is 25.5 Å². The predicted octanol–water partition coefficient (Wildman–Crippen LogP) is 1.14. The van der Waals surface area contributed by atoms with Crippen LogP contribution < -0.4 is 10.1 Å². The van der Waals surface area contributed by atoms with Gasteiger partial charge < -0.3 is 25.2 Å². The number of nitrogens with one attached hydrogen (secondary N) is 1. The Kier molecular flexibility index (Phi) is 4.64. The molecular weight excluding hydrogens is 276 g/mol. The van der Waals surface area contributed by atoms with Crippen LogP contribution in [-0.2, 0) is 4.79 Å². The number of carbonyl (C=O) groups is 2. The van der Waals surface area contributed by atoms with Crippen molar-refractivity contribution in [1.29, 1.82) is 0 Å². The normalized spacial score (nSPS) is 21.1. The molecule has 1 aliphatic rings. The van der Waals surface area contributed by atoms with Gasteiger partial charge in [-0.3, -0.25) is 0 Å². The first-order chi connectivity index (χ1) is 10.0. The average Bonchev–Trinajstić information content (AvgIpc) is 2.84. The lowest BCUT2D eigenvalue weighted by molar-refractivity contribution is -0.141. The zero-order valence-corrected chi connectivity index (χ0v) is 11.7. The topological polar surface area (TPSA) is 99.1 Å². The van der Waals surface area contributed by atoms with E-state index in [9.17, 15) is 14.7 Å². The monoisotopic (exact) mass is 294 g/mol. The molecule has 0 aliphatic carbocycles. The van der Waals surface area contributed by atoms with Gasteiger partial charge in [-0.1, -0.05) is 12.1 Å². The fraction of sp³-hybridized carbons (Fsp3) is 0.429. The van der Waals surface area contributed by atoms with E-state index in [-0.39, 0.29) is 13.0 Å². The van der Waals surface area contributed by atoms with Gasteiger partial charge in [-0.15, -0.1) is 0 Å². The molecule has 0 spiro atoms. The molecule has 7 heteroatoms. The number of likely N-dealkylation sites (tertiary alicyclic amines) is 1. The number of amides is 2. The van der Waals surface area contributed by atoms with Crippen LogP contribution in [0.3, 0.4) is 0 Å². The Morgan fingerprint density at radius 1 is 1.43 bits per heavy atom.